The second-order valence-electron chi connectivity index (χ2n) is 5.45. The number of rotatable bonds is 4. The third-order valence-corrected chi connectivity index (χ3v) is 3.49. The molecule has 3 aromatic rings. The smallest absolute Gasteiger partial charge is 0.326 e. The minimum Gasteiger partial charge on any atom is -0.457 e. The molecule has 7 heteroatoms. The van der Waals surface area contributed by atoms with E-state index in [4.69, 9.17) is 4.74 Å². The van der Waals surface area contributed by atoms with Gasteiger partial charge in [0.1, 0.15) is 28.7 Å². The van der Waals surface area contributed by atoms with Crippen molar-refractivity contribution in [2.45, 2.75) is 0 Å². The van der Waals surface area contributed by atoms with Gasteiger partial charge in [-0.15, -0.1) is 0 Å². The van der Waals surface area contributed by atoms with E-state index in [2.05, 4.69) is 5.32 Å². The normalized spacial score (nSPS) is 10.1. The average Bonchev–Trinajstić information content (AvgIpc) is 2.62. The first kappa shape index (κ1) is 18.1. The molecule has 0 unspecified atom stereocenters. The van der Waals surface area contributed by atoms with Crippen LogP contribution in [-0.4, -0.2) is 11.9 Å². The Morgan fingerprint density at radius 2 is 1.41 bits per heavy atom. The number of amides is 3. The molecular formula is C20H14F2N2O3. The van der Waals surface area contributed by atoms with Crippen LogP contribution in [0.25, 0.3) is 0 Å². The van der Waals surface area contributed by atoms with E-state index in [0.717, 1.165) is 18.2 Å². The molecule has 27 heavy (non-hydrogen) atoms. The van der Waals surface area contributed by atoms with Gasteiger partial charge >= 0.3 is 6.03 Å². The lowest BCUT2D eigenvalue weighted by molar-refractivity contribution is 0.0959. The highest BCUT2D eigenvalue weighted by atomic mass is 19.1. The highest BCUT2D eigenvalue weighted by Crippen LogP contribution is 2.23. The predicted octanol–water partition coefficient (Wildman–Crippen LogP) is 4.72. The van der Waals surface area contributed by atoms with Crippen LogP contribution in [0.3, 0.4) is 0 Å². The molecule has 0 saturated carbocycles. The maximum Gasteiger partial charge on any atom is 0.326 e. The fourth-order valence-electron chi connectivity index (χ4n) is 2.30. The van der Waals surface area contributed by atoms with E-state index < -0.39 is 29.1 Å². The van der Waals surface area contributed by atoms with Gasteiger partial charge in [-0.1, -0.05) is 30.3 Å². The molecule has 5 nitrogen and oxygen atoms in total. The molecule has 0 bridgehead atoms. The highest BCUT2D eigenvalue weighted by Gasteiger charge is 2.19. The number of para-hydroxylation sites is 1. The van der Waals surface area contributed by atoms with Gasteiger partial charge < -0.3 is 10.1 Å². The fraction of sp³-hybridized carbons (Fsp3) is 0. The summed E-state index contributed by atoms with van der Waals surface area (Å²) in [6.07, 6.45) is 0. The Bertz CT molecular complexity index is 958. The minimum atomic E-state index is -1.18. The summed E-state index contributed by atoms with van der Waals surface area (Å²) >= 11 is 0. The highest BCUT2D eigenvalue weighted by molar-refractivity contribution is 6.08. The lowest BCUT2D eigenvalue weighted by Crippen LogP contribution is -2.35. The maximum atomic E-state index is 13.6. The van der Waals surface area contributed by atoms with E-state index in [1.165, 1.54) is 0 Å². The zero-order valence-corrected chi connectivity index (χ0v) is 13.9. The third kappa shape index (κ3) is 4.66. The molecule has 0 aliphatic heterocycles. The molecule has 0 spiro atoms. The number of urea groups is 1. The Hall–Kier alpha value is -3.74. The number of hydrogen-bond donors (Lipinski definition) is 2. The number of ether oxygens (including phenoxy) is 1. The van der Waals surface area contributed by atoms with Gasteiger partial charge in [0.25, 0.3) is 5.91 Å². The third-order valence-electron chi connectivity index (χ3n) is 3.49. The van der Waals surface area contributed by atoms with Crippen LogP contribution in [-0.2, 0) is 0 Å². The van der Waals surface area contributed by atoms with Crippen LogP contribution >= 0.6 is 0 Å². The van der Waals surface area contributed by atoms with Gasteiger partial charge in [0.15, 0.2) is 0 Å². The summed E-state index contributed by atoms with van der Waals surface area (Å²) in [5, 5.41) is 4.30. The number of anilines is 1. The van der Waals surface area contributed by atoms with Crippen molar-refractivity contribution < 1.29 is 23.1 Å². The number of hydrogen-bond acceptors (Lipinski definition) is 3. The van der Waals surface area contributed by atoms with Crippen LogP contribution in [0, 0.1) is 11.6 Å². The zero-order chi connectivity index (χ0) is 19.2. The molecule has 3 rings (SSSR count). The van der Waals surface area contributed by atoms with Gasteiger partial charge in [-0.2, -0.15) is 0 Å². The summed E-state index contributed by atoms with van der Waals surface area (Å²) < 4.78 is 32.8. The lowest BCUT2D eigenvalue weighted by atomic mass is 10.2. The van der Waals surface area contributed by atoms with Crippen molar-refractivity contribution >= 4 is 17.6 Å². The second-order valence-corrected chi connectivity index (χ2v) is 5.45. The van der Waals surface area contributed by atoms with Crippen molar-refractivity contribution in [2.75, 3.05) is 5.32 Å². The van der Waals surface area contributed by atoms with Crippen LogP contribution < -0.4 is 15.4 Å². The number of imide groups is 1. The number of carbonyl (C=O) groups is 2. The maximum absolute atomic E-state index is 13.6. The van der Waals surface area contributed by atoms with Crippen LogP contribution in [0.4, 0.5) is 19.3 Å². The van der Waals surface area contributed by atoms with Crippen LogP contribution in [0.5, 0.6) is 11.5 Å². The fourth-order valence-corrected chi connectivity index (χ4v) is 2.30. The summed E-state index contributed by atoms with van der Waals surface area (Å²) in [4.78, 5) is 23.9. The number of carbonyl (C=O) groups excluding carboxylic acids is 2. The van der Waals surface area contributed by atoms with Crippen molar-refractivity contribution in [1.82, 2.24) is 5.32 Å². The van der Waals surface area contributed by atoms with E-state index in [9.17, 15) is 18.4 Å². The predicted molar refractivity (Wildman–Crippen MR) is 95.8 cm³/mol. The minimum absolute atomic E-state index is 0.336. The summed E-state index contributed by atoms with van der Waals surface area (Å²) in [5.74, 6) is -2.22. The standard InChI is InChI=1S/C20H14F2N2O3/c21-16-10-5-11-17(22)18(16)19(25)24-20(26)23-13-6-4-9-15(12-13)27-14-7-2-1-3-8-14/h1-12H,(H2,23,24,25,26). The van der Waals surface area contributed by atoms with E-state index in [1.807, 2.05) is 23.5 Å². The van der Waals surface area contributed by atoms with Gasteiger partial charge in [-0.3, -0.25) is 10.1 Å². The first-order chi connectivity index (χ1) is 13.0. The summed E-state index contributed by atoms with van der Waals surface area (Å²) in [6.45, 7) is 0. The molecule has 0 aliphatic rings. The monoisotopic (exact) mass is 368 g/mol. The number of benzene rings is 3. The SMILES string of the molecule is O=C(NC(=O)c1c(F)cccc1F)Nc1cccc(Oc2ccccc2)c1. The molecular weight excluding hydrogens is 354 g/mol. The Balaban J connectivity index is 1.66. The summed E-state index contributed by atoms with van der Waals surface area (Å²) in [5.41, 5.74) is -0.489. The average molecular weight is 368 g/mol. The molecule has 0 atom stereocenters. The van der Waals surface area contributed by atoms with Gasteiger partial charge in [-0.05, 0) is 36.4 Å². The quantitative estimate of drug-likeness (QED) is 0.700. The van der Waals surface area contributed by atoms with E-state index in [1.54, 1.807) is 36.4 Å². The second kappa shape index (κ2) is 8.09. The molecule has 0 heterocycles. The molecule has 3 amide bonds. The zero-order valence-electron chi connectivity index (χ0n) is 13.9. The van der Waals surface area contributed by atoms with Crippen LogP contribution in [0.15, 0.2) is 72.8 Å². The van der Waals surface area contributed by atoms with Crippen molar-refractivity contribution in [3.63, 3.8) is 0 Å². The van der Waals surface area contributed by atoms with Crippen molar-refractivity contribution in [3.05, 3.63) is 90.0 Å². The Kier molecular flexibility index (Phi) is 5.41. The molecule has 0 aliphatic carbocycles. The van der Waals surface area contributed by atoms with Crippen LogP contribution in [0.2, 0.25) is 0 Å². The van der Waals surface area contributed by atoms with Gasteiger partial charge in [0.2, 0.25) is 0 Å². The van der Waals surface area contributed by atoms with Gasteiger partial charge in [-0.25, -0.2) is 13.6 Å². The van der Waals surface area contributed by atoms with Crippen LogP contribution in [0.1, 0.15) is 10.4 Å². The summed E-state index contributed by atoms with van der Waals surface area (Å²) in [6, 6.07) is 17.5. The molecule has 3 aromatic carbocycles. The van der Waals surface area contributed by atoms with E-state index >= 15 is 0 Å². The summed E-state index contributed by atoms with van der Waals surface area (Å²) in [7, 11) is 0. The van der Waals surface area contributed by atoms with Gasteiger partial charge in [0, 0.05) is 11.8 Å². The number of halogens is 2. The molecule has 0 fully saturated rings. The van der Waals surface area contributed by atoms with Crippen molar-refractivity contribution in [2.24, 2.45) is 0 Å². The topological polar surface area (TPSA) is 67.4 Å². The number of nitrogens with one attached hydrogen (secondary N) is 2. The van der Waals surface area contributed by atoms with E-state index in [0.29, 0.717) is 17.2 Å². The largest absolute Gasteiger partial charge is 0.457 e. The molecule has 0 saturated heterocycles. The Morgan fingerprint density at radius 1 is 0.778 bits per heavy atom. The molecule has 0 aromatic heterocycles. The molecule has 136 valence electrons. The first-order valence-electron chi connectivity index (χ1n) is 7.92. The Labute approximate surface area is 153 Å². The molecule has 0 radical (unpaired) electrons. The van der Waals surface area contributed by atoms with Crippen molar-refractivity contribution in [1.29, 1.82) is 0 Å². The van der Waals surface area contributed by atoms with Gasteiger partial charge in [0.05, 0.1) is 0 Å². The lowest BCUT2D eigenvalue weighted by Gasteiger charge is -2.10. The van der Waals surface area contributed by atoms with Crippen molar-refractivity contribution in [3.8, 4) is 11.5 Å². The molecule has 2 N–H and O–H groups in total. The van der Waals surface area contributed by atoms with E-state index in [-0.39, 0.29) is 0 Å². The first-order valence-corrected chi connectivity index (χ1v) is 7.92. The Morgan fingerprint density at radius 3 is 2.11 bits per heavy atom.